The zero-order chi connectivity index (χ0) is 22.8. The van der Waals surface area contributed by atoms with E-state index < -0.39 is 24.0 Å². The number of anilines is 1. The Balaban J connectivity index is 1.97. The van der Waals surface area contributed by atoms with Gasteiger partial charge in [0.2, 0.25) is 0 Å². The van der Waals surface area contributed by atoms with Gasteiger partial charge in [-0.05, 0) is 25.0 Å². The summed E-state index contributed by atoms with van der Waals surface area (Å²) in [5.74, 6) is 0. The fraction of sp³-hybridized carbons (Fsp3) is 0.450. The second-order valence-electron chi connectivity index (χ2n) is 7.52. The molecule has 11 heteroatoms. The first-order chi connectivity index (χ1) is 14.6. The lowest BCUT2D eigenvalue weighted by molar-refractivity contribution is -0.125. The number of rotatable bonds is 3. The minimum Gasteiger partial charge on any atom is -0.341 e. The number of thiazole rings is 1. The van der Waals surface area contributed by atoms with Crippen LogP contribution in [0.3, 0.4) is 0 Å². The summed E-state index contributed by atoms with van der Waals surface area (Å²) in [6.07, 6.45) is 0.656. The van der Waals surface area contributed by atoms with Crippen molar-refractivity contribution in [3.63, 3.8) is 0 Å². The van der Waals surface area contributed by atoms with Crippen molar-refractivity contribution >= 4 is 28.5 Å². The zero-order valence-electron chi connectivity index (χ0n) is 17.3. The average Bonchev–Trinajstić information content (AvgIpc) is 3.38. The normalized spacial score (nSPS) is 23.8. The van der Waals surface area contributed by atoms with E-state index in [2.05, 4.69) is 22.2 Å². The van der Waals surface area contributed by atoms with E-state index >= 15 is 0 Å². The molecule has 2 aliphatic heterocycles. The lowest BCUT2D eigenvalue weighted by atomic mass is 9.80. The lowest BCUT2D eigenvalue weighted by Gasteiger charge is -2.25. The van der Waals surface area contributed by atoms with Gasteiger partial charge in [-0.25, -0.2) is 14.6 Å². The Labute approximate surface area is 182 Å². The molecule has 0 aromatic carbocycles. The molecule has 2 N–H and O–H groups in total. The zero-order valence-corrected chi connectivity index (χ0v) is 18.1. The molecule has 1 aromatic rings. The van der Waals surface area contributed by atoms with Gasteiger partial charge in [0.1, 0.15) is 0 Å². The highest BCUT2D eigenvalue weighted by Gasteiger charge is 2.52. The molecule has 168 valence electrons. The van der Waals surface area contributed by atoms with Gasteiger partial charge in [0.15, 0.2) is 5.13 Å². The number of amides is 4. The first-order valence-corrected chi connectivity index (χ1v) is 10.5. The number of carbonyl (C=O) groups is 2. The SMILES string of the molecule is C=C/C=C1\C(=C/CC(F)(F)F)C2(CCN(C(=O)NC)C2)CN1C(=O)Nc1ncc(C)s1. The molecule has 0 aliphatic carbocycles. The third-order valence-corrected chi connectivity index (χ3v) is 6.18. The standard InChI is InChI=1S/C20H24F3N5O2S/c1-4-5-15-14(6-7-20(21,22)23)19(8-9-27(11-19)17(29)24-3)12-28(15)18(30)26-16-25-10-13(2)31-16/h4-6,10H,1,7-9,11-12H2,2-3H3,(H,24,29)(H,25,26,30)/b14-6+,15-5+. The molecule has 0 saturated carbocycles. The Morgan fingerprint density at radius 3 is 2.68 bits per heavy atom. The number of hydrogen-bond acceptors (Lipinski definition) is 4. The number of halogens is 3. The number of hydrogen-bond donors (Lipinski definition) is 2. The van der Waals surface area contributed by atoms with Crippen LogP contribution in [0.4, 0.5) is 27.9 Å². The molecule has 1 spiro atoms. The molecule has 2 saturated heterocycles. The maximum absolute atomic E-state index is 13.0. The van der Waals surface area contributed by atoms with Crippen molar-refractivity contribution < 1.29 is 22.8 Å². The fourth-order valence-corrected chi connectivity index (χ4v) is 4.68. The molecule has 7 nitrogen and oxygen atoms in total. The molecular formula is C20H24F3N5O2S. The predicted octanol–water partition coefficient (Wildman–Crippen LogP) is 4.28. The van der Waals surface area contributed by atoms with Crippen molar-refractivity contribution in [2.24, 2.45) is 5.41 Å². The van der Waals surface area contributed by atoms with E-state index in [0.29, 0.717) is 29.4 Å². The predicted molar refractivity (Wildman–Crippen MR) is 113 cm³/mol. The van der Waals surface area contributed by atoms with Crippen LogP contribution in [-0.4, -0.2) is 59.7 Å². The van der Waals surface area contributed by atoms with Crippen LogP contribution in [0.25, 0.3) is 0 Å². The van der Waals surface area contributed by atoms with E-state index in [9.17, 15) is 22.8 Å². The Hall–Kier alpha value is -2.82. The highest BCUT2D eigenvalue weighted by atomic mass is 32.1. The van der Waals surface area contributed by atoms with E-state index in [1.165, 1.54) is 35.4 Å². The number of aryl methyl sites for hydroxylation is 1. The first-order valence-electron chi connectivity index (χ1n) is 9.66. The van der Waals surface area contributed by atoms with E-state index in [1.54, 1.807) is 11.1 Å². The van der Waals surface area contributed by atoms with Gasteiger partial charge in [0.05, 0.1) is 6.42 Å². The second-order valence-corrected chi connectivity index (χ2v) is 8.76. The summed E-state index contributed by atoms with van der Waals surface area (Å²) in [6.45, 7) is 6.25. The van der Waals surface area contributed by atoms with Gasteiger partial charge in [-0.2, -0.15) is 13.2 Å². The molecule has 3 heterocycles. The van der Waals surface area contributed by atoms with Crippen molar-refractivity contribution in [3.8, 4) is 0 Å². The van der Waals surface area contributed by atoms with Crippen molar-refractivity contribution in [1.29, 1.82) is 0 Å². The molecule has 3 rings (SSSR count). The maximum atomic E-state index is 13.0. The Bertz CT molecular complexity index is 939. The summed E-state index contributed by atoms with van der Waals surface area (Å²) in [4.78, 5) is 33.2. The lowest BCUT2D eigenvalue weighted by Crippen LogP contribution is -2.40. The number of carbonyl (C=O) groups excluding carboxylic acids is 2. The van der Waals surface area contributed by atoms with Crippen LogP contribution in [0.1, 0.15) is 17.7 Å². The third-order valence-electron chi connectivity index (χ3n) is 5.35. The van der Waals surface area contributed by atoms with E-state index in [-0.39, 0.29) is 19.1 Å². The van der Waals surface area contributed by atoms with Crippen molar-refractivity contribution in [2.75, 3.05) is 32.0 Å². The van der Waals surface area contributed by atoms with Gasteiger partial charge in [-0.1, -0.05) is 18.7 Å². The number of nitrogens with zero attached hydrogens (tertiary/aromatic N) is 3. The molecular weight excluding hydrogens is 431 g/mol. The van der Waals surface area contributed by atoms with Crippen molar-refractivity contribution in [3.05, 3.63) is 47.2 Å². The van der Waals surface area contributed by atoms with E-state index in [4.69, 9.17) is 0 Å². The average molecular weight is 456 g/mol. The van der Waals surface area contributed by atoms with Gasteiger partial charge < -0.3 is 10.2 Å². The maximum Gasteiger partial charge on any atom is 0.392 e. The van der Waals surface area contributed by atoms with Crippen LogP contribution in [0.2, 0.25) is 0 Å². The van der Waals surface area contributed by atoms with Gasteiger partial charge >= 0.3 is 18.2 Å². The Kier molecular flexibility index (Phi) is 6.44. The summed E-state index contributed by atoms with van der Waals surface area (Å²) in [7, 11) is 1.50. The molecule has 0 bridgehead atoms. The number of likely N-dealkylation sites (tertiary alicyclic amines) is 2. The van der Waals surface area contributed by atoms with Crippen LogP contribution in [0, 0.1) is 12.3 Å². The minimum absolute atomic E-state index is 0.153. The van der Waals surface area contributed by atoms with Crippen LogP contribution >= 0.6 is 11.3 Å². The van der Waals surface area contributed by atoms with Crippen LogP contribution in [0.5, 0.6) is 0 Å². The molecule has 1 atom stereocenters. The summed E-state index contributed by atoms with van der Waals surface area (Å²) in [5, 5.41) is 5.66. The highest BCUT2D eigenvalue weighted by molar-refractivity contribution is 7.15. The van der Waals surface area contributed by atoms with Crippen LogP contribution < -0.4 is 10.6 Å². The quantitative estimate of drug-likeness (QED) is 0.714. The van der Waals surface area contributed by atoms with Crippen molar-refractivity contribution in [1.82, 2.24) is 20.1 Å². The van der Waals surface area contributed by atoms with Gasteiger partial charge in [0.25, 0.3) is 0 Å². The Morgan fingerprint density at radius 2 is 2.10 bits per heavy atom. The first kappa shape index (κ1) is 22.9. The minimum atomic E-state index is -4.39. The summed E-state index contributed by atoms with van der Waals surface area (Å²) < 4.78 is 39.1. The second kappa shape index (κ2) is 8.74. The topological polar surface area (TPSA) is 77.6 Å². The highest BCUT2D eigenvalue weighted by Crippen LogP contribution is 2.49. The molecule has 31 heavy (non-hydrogen) atoms. The molecule has 1 aromatic heterocycles. The number of urea groups is 2. The summed E-state index contributed by atoms with van der Waals surface area (Å²) in [6, 6.07) is -0.793. The van der Waals surface area contributed by atoms with Gasteiger partial charge in [-0.3, -0.25) is 10.2 Å². The summed E-state index contributed by atoms with van der Waals surface area (Å²) >= 11 is 1.30. The monoisotopic (exact) mass is 455 g/mol. The van der Waals surface area contributed by atoms with Crippen molar-refractivity contribution in [2.45, 2.75) is 25.9 Å². The molecule has 0 radical (unpaired) electrons. The molecule has 2 fully saturated rings. The smallest absolute Gasteiger partial charge is 0.341 e. The molecule has 4 amide bonds. The van der Waals surface area contributed by atoms with Gasteiger partial charge in [0, 0.05) is 48.9 Å². The van der Waals surface area contributed by atoms with E-state index in [1.807, 2.05) is 6.92 Å². The van der Waals surface area contributed by atoms with E-state index in [0.717, 1.165) is 11.0 Å². The molecule has 2 aliphatic rings. The van der Waals surface area contributed by atoms with Crippen LogP contribution in [0.15, 0.2) is 42.3 Å². The Morgan fingerprint density at radius 1 is 1.35 bits per heavy atom. The third kappa shape index (κ3) is 4.92. The fourth-order valence-electron chi connectivity index (χ4n) is 4.03. The molecule has 1 unspecified atom stereocenters. The number of alkyl halides is 3. The van der Waals surface area contributed by atoms with Crippen LogP contribution in [-0.2, 0) is 0 Å². The number of allylic oxidation sites excluding steroid dienone is 4. The number of aromatic nitrogens is 1. The van der Waals surface area contributed by atoms with Gasteiger partial charge in [-0.15, -0.1) is 11.3 Å². The number of nitrogens with one attached hydrogen (secondary N) is 2. The summed E-state index contributed by atoms with van der Waals surface area (Å²) in [5.41, 5.74) is -0.0340. The largest absolute Gasteiger partial charge is 0.392 e.